The Labute approximate surface area is 169 Å². The first-order chi connectivity index (χ1) is 12.7. The van der Waals surface area contributed by atoms with Crippen molar-refractivity contribution in [3.63, 3.8) is 0 Å². The molecule has 0 atom stereocenters. The number of anilines is 2. The Morgan fingerprint density at radius 2 is 1.93 bits per heavy atom. The first-order valence-corrected chi connectivity index (χ1v) is 10.0. The minimum absolute atomic E-state index is 0.0752. The molecular formula is C19H26Cl2FN5. The molecule has 0 spiro atoms. The van der Waals surface area contributed by atoms with Gasteiger partial charge >= 0.3 is 0 Å². The van der Waals surface area contributed by atoms with Crippen LogP contribution in [0.1, 0.15) is 45.0 Å². The topological polar surface area (TPSA) is 54.8 Å². The average molecular weight is 414 g/mol. The standard InChI is InChI=1S/C19H26Cl2FN5/c1-11-9-14(26-27(11)19(2,3)4)25-18-16(21)15(20)17(22)13(24-18)10-12-5-7-23-8-6-12/h9,12,23H,5-8,10H2,1-4H3,(H,24,25,26). The van der Waals surface area contributed by atoms with Crippen LogP contribution in [0.25, 0.3) is 0 Å². The van der Waals surface area contributed by atoms with Crippen LogP contribution in [0.4, 0.5) is 16.0 Å². The van der Waals surface area contributed by atoms with Crippen LogP contribution in [-0.2, 0) is 12.0 Å². The second kappa shape index (κ2) is 7.94. The summed E-state index contributed by atoms with van der Waals surface area (Å²) < 4.78 is 16.5. The molecule has 1 saturated heterocycles. The van der Waals surface area contributed by atoms with Crippen LogP contribution >= 0.6 is 23.2 Å². The predicted molar refractivity (Wildman–Crippen MR) is 109 cm³/mol. The highest BCUT2D eigenvalue weighted by molar-refractivity contribution is 6.43. The van der Waals surface area contributed by atoms with Crippen molar-refractivity contribution >= 4 is 34.8 Å². The fourth-order valence-corrected chi connectivity index (χ4v) is 3.84. The second-order valence-electron chi connectivity index (χ2n) is 8.13. The lowest BCUT2D eigenvalue weighted by Crippen LogP contribution is -2.29. The Kier molecular flexibility index (Phi) is 5.99. The lowest BCUT2D eigenvalue weighted by molar-refractivity contribution is 0.349. The maximum atomic E-state index is 14.6. The van der Waals surface area contributed by atoms with Gasteiger partial charge < -0.3 is 10.6 Å². The summed E-state index contributed by atoms with van der Waals surface area (Å²) in [4.78, 5) is 4.45. The SMILES string of the molecule is Cc1cc(Nc2nc(CC3CCNCC3)c(F)c(Cl)c2Cl)nn1C(C)(C)C. The molecule has 0 radical (unpaired) electrons. The Bertz CT molecular complexity index is 822. The molecule has 0 aromatic carbocycles. The summed E-state index contributed by atoms with van der Waals surface area (Å²) in [6.07, 6.45) is 2.55. The number of nitrogens with zero attached hydrogens (tertiary/aromatic N) is 3. The normalized spacial score (nSPS) is 16.0. The summed E-state index contributed by atoms with van der Waals surface area (Å²) in [5.74, 6) is 0.806. The summed E-state index contributed by atoms with van der Waals surface area (Å²) in [5, 5.41) is 11.0. The van der Waals surface area contributed by atoms with Gasteiger partial charge in [0.1, 0.15) is 10.0 Å². The van der Waals surface area contributed by atoms with E-state index in [1.54, 1.807) is 0 Å². The zero-order valence-corrected chi connectivity index (χ0v) is 17.7. The lowest BCUT2D eigenvalue weighted by atomic mass is 9.93. The number of nitrogens with one attached hydrogen (secondary N) is 2. The maximum absolute atomic E-state index is 14.6. The number of piperidine rings is 1. The van der Waals surface area contributed by atoms with Gasteiger partial charge in [0.25, 0.3) is 0 Å². The van der Waals surface area contributed by atoms with Crippen LogP contribution in [0.15, 0.2) is 6.07 Å². The molecule has 1 aliphatic rings. The molecule has 0 bridgehead atoms. The predicted octanol–water partition coefficient (Wildman–Crippen LogP) is 5.07. The van der Waals surface area contributed by atoms with Crippen LogP contribution in [0.2, 0.25) is 10.0 Å². The third kappa shape index (κ3) is 4.55. The van der Waals surface area contributed by atoms with Gasteiger partial charge in [-0.2, -0.15) is 5.10 Å². The second-order valence-corrected chi connectivity index (χ2v) is 8.88. The summed E-state index contributed by atoms with van der Waals surface area (Å²) in [6, 6.07) is 1.91. The van der Waals surface area contributed by atoms with Crippen molar-refractivity contribution in [2.45, 2.75) is 52.5 Å². The first kappa shape index (κ1) is 20.4. The fourth-order valence-electron chi connectivity index (χ4n) is 3.47. The van der Waals surface area contributed by atoms with E-state index in [4.69, 9.17) is 23.2 Å². The zero-order valence-electron chi connectivity index (χ0n) is 16.2. The van der Waals surface area contributed by atoms with Gasteiger partial charge in [0.2, 0.25) is 0 Å². The van der Waals surface area contributed by atoms with Crippen molar-refractivity contribution < 1.29 is 4.39 Å². The summed E-state index contributed by atoms with van der Waals surface area (Å²) in [6.45, 7) is 10.1. The monoisotopic (exact) mass is 413 g/mol. The van der Waals surface area contributed by atoms with Gasteiger partial charge in [-0.1, -0.05) is 23.2 Å². The van der Waals surface area contributed by atoms with Crippen molar-refractivity contribution in [2.24, 2.45) is 5.92 Å². The van der Waals surface area contributed by atoms with Crippen LogP contribution in [0, 0.1) is 18.7 Å². The van der Waals surface area contributed by atoms with E-state index in [0.29, 0.717) is 29.7 Å². The fraction of sp³-hybridized carbons (Fsp3) is 0.579. The number of halogens is 3. The lowest BCUT2D eigenvalue weighted by Gasteiger charge is -2.23. The zero-order chi connectivity index (χ0) is 19.8. The molecule has 3 rings (SSSR count). The number of hydrogen-bond donors (Lipinski definition) is 2. The molecule has 0 amide bonds. The van der Waals surface area contributed by atoms with Gasteiger partial charge in [0.15, 0.2) is 17.5 Å². The van der Waals surface area contributed by atoms with Crippen molar-refractivity contribution in [3.05, 3.63) is 33.3 Å². The van der Waals surface area contributed by atoms with Gasteiger partial charge in [-0.25, -0.2) is 9.37 Å². The van der Waals surface area contributed by atoms with E-state index in [9.17, 15) is 4.39 Å². The molecule has 27 heavy (non-hydrogen) atoms. The third-order valence-electron chi connectivity index (χ3n) is 4.80. The van der Waals surface area contributed by atoms with Gasteiger partial charge in [-0.3, -0.25) is 4.68 Å². The largest absolute Gasteiger partial charge is 0.322 e. The van der Waals surface area contributed by atoms with E-state index in [-0.39, 0.29) is 15.6 Å². The minimum atomic E-state index is -0.526. The van der Waals surface area contributed by atoms with Gasteiger partial charge in [-0.05, 0) is 66.0 Å². The van der Waals surface area contributed by atoms with Crippen LogP contribution in [0.3, 0.4) is 0 Å². The van der Waals surface area contributed by atoms with Crippen molar-refractivity contribution in [1.82, 2.24) is 20.1 Å². The molecule has 1 fully saturated rings. The van der Waals surface area contributed by atoms with Gasteiger partial charge in [-0.15, -0.1) is 0 Å². The van der Waals surface area contributed by atoms with Gasteiger partial charge in [0, 0.05) is 11.8 Å². The molecule has 0 aliphatic carbocycles. The molecule has 3 heterocycles. The first-order valence-electron chi connectivity index (χ1n) is 9.25. The summed E-state index contributed by atoms with van der Waals surface area (Å²) >= 11 is 12.4. The van der Waals surface area contributed by atoms with E-state index in [1.807, 2.05) is 17.7 Å². The molecule has 0 unspecified atom stereocenters. The van der Waals surface area contributed by atoms with E-state index in [1.165, 1.54) is 0 Å². The Morgan fingerprint density at radius 1 is 1.26 bits per heavy atom. The van der Waals surface area contributed by atoms with Crippen LogP contribution in [0.5, 0.6) is 0 Å². The minimum Gasteiger partial charge on any atom is -0.322 e. The molecule has 8 heteroatoms. The molecule has 1 aliphatic heterocycles. The number of rotatable bonds is 4. The molecule has 2 aromatic rings. The molecular weight excluding hydrogens is 388 g/mol. The van der Waals surface area contributed by atoms with E-state index < -0.39 is 5.82 Å². The van der Waals surface area contributed by atoms with Crippen molar-refractivity contribution in [3.8, 4) is 0 Å². The highest BCUT2D eigenvalue weighted by Gasteiger charge is 2.23. The molecule has 2 aromatic heterocycles. The number of hydrogen-bond acceptors (Lipinski definition) is 4. The molecule has 0 saturated carbocycles. The smallest absolute Gasteiger partial charge is 0.164 e. The van der Waals surface area contributed by atoms with Crippen LogP contribution in [-0.4, -0.2) is 27.9 Å². The highest BCUT2D eigenvalue weighted by Crippen LogP contribution is 2.35. The van der Waals surface area contributed by atoms with Crippen molar-refractivity contribution in [1.29, 1.82) is 0 Å². The van der Waals surface area contributed by atoms with Crippen molar-refractivity contribution in [2.75, 3.05) is 18.4 Å². The van der Waals surface area contributed by atoms with E-state index in [0.717, 1.165) is 31.6 Å². The molecule has 2 N–H and O–H groups in total. The van der Waals surface area contributed by atoms with Gasteiger partial charge in [0.05, 0.1) is 11.2 Å². The third-order valence-corrected chi connectivity index (χ3v) is 5.62. The van der Waals surface area contributed by atoms with Crippen LogP contribution < -0.4 is 10.6 Å². The Balaban J connectivity index is 1.89. The number of aromatic nitrogens is 3. The Hall–Kier alpha value is -1.37. The number of pyridine rings is 1. The Morgan fingerprint density at radius 3 is 2.52 bits per heavy atom. The number of aryl methyl sites for hydroxylation is 1. The molecule has 148 valence electrons. The summed E-state index contributed by atoms with van der Waals surface area (Å²) in [7, 11) is 0. The summed E-state index contributed by atoms with van der Waals surface area (Å²) in [5.41, 5.74) is 1.21. The average Bonchev–Trinajstić information content (AvgIpc) is 2.99. The van der Waals surface area contributed by atoms with E-state index in [2.05, 4.69) is 41.5 Å². The van der Waals surface area contributed by atoms with E-state index >= 15 is 0 Å². The highest BCUT2D eigenvalue weighted by atomic mass is 35.5. The quantitative estimate of drug-likeness (QED) is 0.733. The maximum Gasteiger partial charge on any atom is 0.164 e. The molecule has 5 nitrogen and oxygen atoms in total.